The lowest BCUT2D eigenvalue weighted by Crippen LogP contribution is -2.48. The first-order valence-electron chi connectivity index (χ1n) is 8.36. The van der Waals surface area contributed by atoms with Gasteiger partial charge in [-0.15, -0.1) is 0 Å². The van der Waals surface area contributed by atoms with Crippen LogP contribution >= 0.6 is 0 Å². The molecule has 6 nitrogen and oxygen atoms in total. The minimum atomic E-state index is -0.144. The Kier molecular flexibility index (Phi) is 4.41. The molecule has 0 spiro atoms. The van der Waals surface area contributed by atoms with E-state index in [0.29, 0.717) is 12.2 Å². The molecule has 1 fully saturated rings. The molecule has 0 saturated carbocycles. The summed E-state index contributed by atoms with van der Waals surface area (Å²) in [5.41, 5.74) is 2.41. The average molecular weight is 327 g/mol. The van der Waals surface area contributed by atoms with Crippen molar-refractivity contribution in [3.05, 3.63) is 47.5 Å². The Morgan fingerprint density at radius 3 is 2.79 bits per heavy atom. The fourth-order valence-corrected chi connectivity index (χ4v) is 3.22. The van der Waals surface area contributed by atoms with Crippen molar-refractivity contribution in [2.45, 2.75) is 39.3 Å². The summed E-state index contributed by atoms with van der Waals surface area (Å²) in [6, 6.07) is 5.80. The van der Waals surface area contributed by atoms with Gasteiger partial charge in [0.15, 0.2) is 5.69 Å². The second kappa shape index (κ2) is 6.36. The van der Waals surface area contributed by atoms with Crippen LogP contribution in [0.4, 0.5) is 0 Å². The summed E-state index contributed by atoms with van der Waals surface area (Å²) in [6.07, 6.45) is 3.58. The lowest BCUT2D eigenvalue weighted by atomic mass is 10.0. The Morgan fingerprint density at radius 1 is 1.38 bits per heavy atom. The highest BCUT2D eigenvalue weighted by atomic mass is 16.2. The molecule has 1 N–H and O–H groups in total. The molecule has 6 heteroatoms. The first-order valence-corrected chi connectivity index (χ1v) is 8.36. The lowest BCUT2D eigenvalue weighted by Gasteiger charge is -2.36. The molecule has 0 radical (unpaired) electrons. The van der Waals surface area contributed by atoms with Crippen LogP contribution in [0.2, 0.25) is 0 Å². The van der Waals surface area contributed by atoms with E-state index in [0.717, 1.165) is 24.3 Å². The van der Waals surface area contributed by atoms with Crippen molar-refractivity contribution >= 4 is 5.91 Å². The highest BCUT2D eigenvalue weighted by molar-refractivity contribution is 5.92. The van der Waals surface area contributed by atoms with Gasteiger partial charge in [0.2, 0.25) is 0 Å². The van der Waals surface area contributed by atoms with Crippen LogP contribution in [0.25, 0.3) is 0 Å². The number of nitrogens with one attached hydrogen (secondary N) is 1. The second-order valence-electron chi connectivity index (χ2n) is 7.26. The fourth-order valence-electron chi connectivity index (χ4n) is 3.22. The number of amides is 1. The van der Waals surface area contributed by atoms with E-state index in [2.05, 4.69) is 36.2 Å². The Bertz CT molecular complexity index is 717. The minimum absolute atomic E-state index is 0.0138. The van der Waals surface area contributed by atoms with Crippen LogP contribution in [0.15, 0.2) is 30.6 Å². The first kappa shape index (κ1) is 16.6. The number of piperazine rings is 1. The number of pyridine rings is 1. The molecule has 24 heavy (non-hydrogen) atoms. The van der Waals surface area contributed by atoms with E-state index in [1.54, 1.807) is 6.20 Å². The van der Waals surface area contributed by atoms with Crippen LogP contribution in [0.5, 0.6) is 0 Å². The van der Waals surface area contributed by atoms with Gasteiger partial charge in [-0.2, -0.15) is 5.10 Å². The van der Waals surface area contributed by atoms with Crippen molar-refractivity contribution in [3.63, 3.8) is 0 Å². The highest BCUT2D eigenvalue weighted by Crippen LogP contribution is 2.24. The van der Waals surface area contributed by atoms with Gasteiger partial charge in [-0.3, -0.25) is 14.5 Å². The molecular formula is C18H25N5O. The highest BCUT2D eigenvalue weighted by Gasteiger charge is 2.31. The van der Waals surface area contributed by atoms with E-state index in [-0.39, 0.29) is 17.5 Å². The Balaban J connectivity index is 1.90. The van der Waals surface area contributed by atoms with Crippen molar-refractivity contribution in [2.75, 3.05) is 19.6 Å². The van der Waals surface area contributed by atoms with Crippen LogP contribution in [0.1, 0.15) is 48.6 Å². The minimum Gasteiger partial charge on any atom is -0.328 e. The normalized spacial score (nSPS) is 18.7. The SMILES string of the molecule is Cc1cc(C(=O)N2CCNCC2c2cccnc2)nn1C(C)(C)C. The summed E-state index contributed by atoms with van der Waals surface area (Å²) < 4.78 is 1.92. The molecule has 0 aliphatic carbocycles. The molecule has 2 aromatic heterocycles. The van der Waals surface area contributed by atoms with Crippen LogP contribution in [-0.4, -0.2) is 45.2 Å². The zero-order valence-corrected chi connectivity index (χ0v) is 14.8. The summed E-state index contributed by atoms with van der Waals surface area (Å²) in [4.78, 5) is 19.2. The molecule has 3 rings (SSSR count). The third-order valence-corrected chi connectivity index (χ3v) is 4.32. The van der Waals surface area contributed by atoms with Crippen LogP contribution in [0.3, 0.4) is 0 Å². The Morgan fingerprint density at radius 2 is 2.17 bits per heavy atom. The van der Waals surface area contributed by atoms with E-state index >= 15 is 0 Å². The van der Waals surface area contributed by atoms with Gasteiger partial charge < -0.3 is 10.2 Å². The predicted octanol–water partition coefficient (Wildman–Crippen LogP) is 2.13. The summed E-state index contributed by atoms with van der Waals surface area (Å²) in [5.74, 6) is -0.0172. The molecule has 1 aliphatic rings. The average Bonchev–Trinajstić information content (AvgIpc) is 2.97. The fraction of sp³-hybridized carbons (Fsp3) is 0.500. The lowest BCUT2D eigenvalue weighted by molar-refractivity contribution is 0.0626. The van der Waals surface area contributed by atoms with Gasteiger partial charge in [0.1, 0.15) is 0 Å². The van der Waals surface area contributed by atoms with Gasteiger partial charge in [0.05, 0.1) is 11.6 Å². The standard InChI is InChI=1S/C18H25N5O/c1-13-10-15(21-23(13)18(2,3)4)17(24)22-9-8-20-12-16(22)14-6-5-7-19-11-14/h5-7,10-11,16,20H,8-9,12H2,1-4H3. The number of carbonyl (C=O) groups is 1. The maximum atomic E-state index is 13.1. The number of aromatic nitrogens is 3. The molecule has 3 heterocycles. The van der Waals surface area contributed by atoms with E-state index in [1.165, 1.54) is 0 Å². The quantitative estimate of drug-likeness (QED) is 0.918. The van der Waals surface area contributed by atoms with Gasteiger partial charge in [-0.05, 0) is 45.4 Å². The predicted molar refractivity (Wildman–Crippen MR) is 92.8 cm³/mol. The van der Waals surface area contributed by atoms with Gasteiger partial charge >= 0.3 is 0 Å². The van der Waals surface area contributed by atoms with Crippen molar-refractivity contribution in [3.8, 4) is 0 Å². The third kappa shape index (κ3) is 3.19. The summed E-state index contributed by atoms with van der Waals surface area (Å²) in [5, 5.41) is 7.94. The maximum absolute atomic E-state index is 13.1. The van der Waals surface area contributed by atoms with Crippen molar-refractivity contribution in [1.29, 1.82) is 0 Å². The van der Waals surface area contributed by atoms with E-state index in [4.69, 9.17) is 0 Å². The number of carbonyl (C=O) groups excluding carboxylic acids is 1. The molecule has 1 aliphatic heterocycles. The number of aryl methyl sites for hydroxylation is 1. The van der Waals surface area contributed by atoms with Crippen LogP contribution in [0, 0.1) is 6.92 Å². The summed E-state index contributed by atoms with van der Waals surface area (Å²) in [6.45, 7) is 10.4. The van der Waals surface area contributed by atoms with Gasteiger partial charge in [0.25, 0.3) is 5.91 Å². The van der Waals surface area contributed by atoms with Crippen LogP contribution < -0.4 is 5.32 Å². The van der Waals surface area contributed by atoms with Crippen molar-refractivity contribution in [2.24, 2.45) is 0 Å². The van der Waals surface area contributed by atoms with Crippen molar-refractivity contribution in [1.82, 2.24) is 25.0 Å². The molecule has 1 atom stereocenters. The number of hydrogen-bond donors (Lipinski definition) is 1. The number of hydrogen-bond acceptors (Lipinski definition) is 4. The van der Waals surface area contributed by atoms with Gasteiger partial charge in [-0.25, -0.2) is 0 Å². The van der Waals surface area contributed by atoms with Crippen molar-refractivity contribution < 1.29 is 4.79 Å². The second-order valence-corrected chi connectivity index (χ2v) is 7.26. The van der Waals surface area contributed by atoms with Gasteiger partial charge in [0, 0.05) is 37.7 Å². The Hall–Kier alpha value is -2.21. The molecule has 0 aromatic carbocycles. The molecular weight excluding hydrogens is 302 g/mol. The van der Waals surface area contributed by atoms with Gasteiger partial charge in [-0.1, -0.05) is 6.07 Å². The van der Waals surface area contributed by atoms with E-state index in [1.807, 2.05) is 40.9 Å². The summed E-state index contributed by atoms with van der Waals surface area (Å²) >= 11 is 0. The summed E-state index contributed by atoms with van der Waals surface area (Å²) in [7, 11) is 0. The van der Waals surface area contributed by atoms with Crippen LogP contribution in [-0.2, 0) is 5.54 Å². The topological polar surface area (TPSA) is 63.1 Å². The molecule has 0 bridgehead atoms. The molecule has 1 unspecified atom stereocenters. The largest absolute Gasteiger partial charge is 0.328 e. The number of nitrogens with zero attached hydrogens (tertiary/aromatic N) is 4. The molecule has 1 amide bonds. The zero-order valence-electron chi connectivity index (χ0n) is 14.8. The zero-order chi connectivity index (χ0) is 17.3. The maximum Gasteiger partial charge on any atom is 0.274 e. The van der Waals surface area contributed by atoms with E-state index in [9.17, 15) is 4.79 Å². The first-order chi connectivity index (χ1) is 11.4. The molecule has 2 aromatic rings. The Labute approximate surface area is 142 Å². The third-order valence-electron chi connectivity index (χ3n) is 4.32. The molecule has 128 valence electrons. The number of rotatable bonds is 2. The molecule has 1 saturated heterocycles. The smallest absolute Gasteiger partial charge is 0.274 e. The monoisotopic (exact) mass is 327 g/mol. The van der Waals surface area contributed by atoms with E-state index < -0.39 is 0 Å².